The third kappa shape index (κ3) is 2.67. The maximum atomic E-state index is 13.1. The Morgan fingerprint density at radius 3 is 2.64 bits per heavy atom. The van der Waals surface area contributed by atoms with Crippen LogP contribution in [0.2, 0.25) is 5.02 Å². The lowest BCUT2D eigenvalue weighted by Gasteiger charge is -2.33. The number of hydrogen-bond acceptors (Lipinski definition) is 4. The summed E-state index contributed by atoms with van der Waals surface area (Å²) >= 11 is 6.09. The molecule has 0 spiro atoms. The molecule has 1 aromatic carbocycles. The van der Waals surface area contributed by atoms with Gasteiger partial charge in [0.15, 0.2) is 0 Å². The molecule has 6 heteroatoms. The van der Waals surface area contributed by atoms with E-state index < -0.39 is 0 Å². The van der Waals surface area contributed by atoms with Crippen molar-refractivity contribution in [2.24, 2.45) is 0 Å². The molecule has 1 unspecified atom stereocenters. The molecule has 2 aromatic rings. The first kappa shape index (κ1) is 16.3. The highest BCUT2D eigenvalue weighted by atomic mass is 35.5. The quantitative estimate of drug-likeness (QED) is 0.823. The van der Waals surface area contributed by atoms with E-state index in [9.17, 15) is 4.79 Å². The summed E-state index contributed by atoms with van der Waals surface area (Å²) in [5.41, 5.74) is 3.65. The maximum absolute atomic E-state index is 13.1. The third-order valence-electron chi connectivity index (χ3n) is 5.14. The Balaban J connectivity index is 1.68. The Morgan fingerprint density at radius 2 is 2.00 bits per heavy atom. The van der Waals surface area contributed by atoms with E-state index in [1.807, 2.05) is 31.7 Å². The summed E-state index contributed by atoms with van der Waals surface area (Å²) in [5, 5.41) is 0.677. The smallest absolute Gasteiger partial charge is 0.254 e. The number of carbonyl (C=O) groups is 1. The second-order valence-electron chi connectivity index (χ2n) is 6.87. The zero-order valence-corrected chi connectivity index (χ0v) is 15.5. The zero-order valence-electron chi connectivity index (χ0n) is 14.7. The largest absolute Gasteiger partial charge is 0.356 e. The van der Waals surface area contributed by atoms with Crippen LogP contribution in [0.4, 0.5) is 5.82 Å². The topological polar surface area (TPSA) is 49.3 Å². The average molecular weight is 357 g/mol. The lowest BCUT2D eigenvalue weighted by Crippen LogP contribution is -2.38. The zero-order chi connectivity index (χ0) is 17.7. The van der Waals surface area contributed by atoms with E-state index in [2.05, 4.69) is 14.9 Å². The van der Waals surface area contributed by atoms with Crippen LogP contribution in [-0.4, -0.2) is 33.9 Å². The molecule has 0 aliphatic carbocycles. The van der Waals surface area contributed by atoms with Crippen LogP contribution in [0.25, 0.3) is 0 Å². The number of fused-ring (bicyclic) bond motifs is 1. The number of hydrogen-bond donors (Lipinski definition) is 0. The molecule has 1 saturated heterocycles. The van der Waals surface area contributed by atoms with E-state index >= 15 is 0 Å². The molecule has 2 aliphatic rings. The number of benzene rings is 1. The minimum atomic E-state index is -0.0554. The molecule has 0 saturated carbocycles. The van der Waals surface area contributed by atoms with Crippen molar-refractivity contribution in [3.63, 3.8) is 0 Å². The van der Waals surface area contributed by atoms with Crippen LogP contribution in [0.3, 0.4) is 0 Å². The Bertz CT molecular complexity index is 863. The van der Waals surface area contributed by atoms with Gasteiger partial charge in [-0.15, -0.1) is 0 Å². The molecule has 0 N–H and O–H groups in total. The summed E-state index contributed by atoms with van der Waals surface area (Å²) in [5.74, 6) is 1.78. The first-order valence-electron chi connectivity index (χ1n) is 8.65. The second-order valence-corrected chi connectivity index (χ2v) is 7.28. The average Bonchev–Trinajstić information content (AvgIpc) is 2.85. The summed E-state index contributed by atoms with van der Waals surface area (Å²) in [6.07, 6.45) is 1.19. The van der Waals surface area contributed by atoms with Gasteiger partial charge in [0.2, 0.25) is 0 Å². The molecule has 3 heterocycles. The fourth-order valence-electron chi connectivity index (χ4n) is 3.54. The fourth-order valence-corrected chi connectivity index (χ4v) is 3.65. The maximum Gasteiger partial charge on any atom is 0.254 e. The van der Waals surface area contributed by atoms with Crippen molar-refractivity contribution in [1.82, 2.24) is 14.9 Å². The number of aromatic nitrogens is 2. The van der Waals surface area contributed by atoms with Gasteiger partial charge in [-0.3, -0.25) is 4.79 Å². The van der Waals surface area contributed by atoms with Crippen LogP contribution in [0, 0.1) is 13.8 Å². The number of halogens is 1. The first-order chi connectivity index (χ1) is 12.0. The summed E-state index contributed by atoms with van der Waals surface area (Å²) < 4.78 is 0. The number of amides is 1. The van der Waals surface area contributed by atoms with Crippen LogP contribution >= 0.6 is 11.6 Å². The minimum Gasteiger partial charge on any atom is -0.356 e. The van der Waals surface area contributed by atoms with E-state index in [1.165, 1.54) is 6.42 Å². The number of nitrogens with zero attached hydrogens (tertiary/aromatic N) is 4. The van der Waals surface area contributed by atoms with Crippen molar-refractivity contribution < 1.29 is 4.79 Å². The monoisotopic (exact) mass is 356 g/mol. The van der Waals surface area contributed by atoms with Crippen LogP contribution in [0.1, 0.15) is 52.4 Å². The number of rotatable bonds is 2. The molecule has 1 amide bonds. The summed E-state index contributed by atoms with van der Waals surface area (Å²) in [6, 6.07) is 5.38. The van der Waals surface area contributed by atoms with E-state index in [1.54, 1.807) is 12.1 Å². The van der Waals surface area contributed by atoms with E-state index in [4.69, 9.17) is 11.6 Å². The van der Waals surface area contributed by atoms with Gasteiger partial charge in [0.05, 0.1) is 18.3 Å². The molecule has 130 valence electrons. The van der Waals surface area contributed by atoms with Gasteiger partial charge >= 0.3 is 0 Å². The Labute approximate surface area is 152 Å². The lowest BCUT2D eigenvalue weighted by molar-refractivity contribution is 0.0703. The number of anilines is 1. The van der Waals surface area contributed by atoms with Crippen LogP contribution < -0.4 is 4.90 Å². The van der Waals surface area contributed by atoms with E-state index in [0.717, 1.165) is 41.6 Å². The molecule has 4 rings (SSSR count). The van der Waals surface area contributed by atoms with Crippen LogP contribution in [0.15, 0.2) is 18.2 Å². The van der Waals surface area contributed by atoms with Gasteiger partial charge in [-0.2, -0.15) is 0 Å². The lowest BCUT2D eigenvalue weighted by atomic mass is 10.1. The third-order valence-corrected chi connectivity index (χ3v) is 5.57. The van der Waals surface area contributed by atoms with Crippen molar-refractivity contribution in [2.75, 3.05) is 18.0 Å². The van der Waals surface area contributed by atoms with Gasteiger partial charge in [-0.05, 0) is 51.0 Å². The molecule has 2 aliphatic heterocycles. The molecular weight excluding hydrogens is 336 g/mol. The van der Waals surface area contributed by atoms with Crippen molar-refractivity contribution in [2.45, 2.75) is 39.8 Å². The van der Waals surface area contributed by atoms with Crippen molar-refractivity contribution >= 4 is 23.3 Å². The summed E-state index contributed by atoms with van der Waals surface area (Å²) in [6.45, 7) is 8.49. The van der Waals surface area contributed by atoms with Gasteiger partial charge < -0.3 is 9.80 Å². The minimum absolute atomic E-state index is 0.0116. The highest BCUT2D eigenvalue weighted by molar-refractivity contribution is 6.31. The van der Waals surface area contributed by atoms with Gasteiger partial charge in [0, 0.05) is 29.2 Å². The summed E-state index contributed by atoms with van der Waals surface area (Å²) in [7, 11) is 0. The highest BCUT2D eigenvalue weighted by Gasteiger charge is 2.36. The first-order valence-corrected chi connectivity index (χ1v) is 9.03. The molecule has 1 fully saturated rings. The second kappa shape index (κ2) is 5.99. The molecule has 0 radical (unpaired) electrons. The Morgan fingerprint density at radius 1 is 1.24 bits per heavy atom. The van der Waals surface area contributed by atoms with Crippen LogP contribution in [0.5, 0.6) is 0 Å². The normalized spacial score (nSPS) is 19.0. The van der Waals surface area contributed by atoms with Crippen LogP contribution in [-0.2, 0) is 6.54 Å². The summed E-state index contributed by atoms with van der Waals surface area (Å²) in [4.78, 5) is 26.5. The predicted octanol–water partition coefficient (Wildman–Crippen LogP) is 3.67. The fraction of sp³-hybridized carbons (Fsp3) is 0.421. The Hall–Kier alpha value is -2.14. The van der Waals surface area contributed by atoms with E-state index in [0.29, 0.717) is 17.1 Å². The van der Waals surface area contributed by atoms with Gasteiger partial charge in [0.1, 0.15) is 11.6 Å². The highest BCUT2D eigenvalue weighted by Crippen LogP contribution is 2.38. The number of aryl methyl sites for hydroxylation is 2. The SMILES string of the molecule is Cc1nc2c(c(N3CCC3)n1)CN(C(=O)c1ccc(Cl)c(C)c1)C2C. The molecule has 1 atom stereocenters. The van der Waals surface area contributed by atoms with Crippen molar-refractivity contribution in [3.8, 4) is 0 Å². The number of carbonyl (C=O) groups excluding carboxylic acids is 1. The van der Waals surface area contributed by atoms with Gasteiger partial charge in [0.25, 0.3) is 5.91 Å². The molecular formula is C19H21ClN4O. The van der Waals surface area contributed by atoms with Gasteiger partial charge in [-0.1, -0.05) is 11.6 Å². The molecule has 25 heavy (non-hydrogen) atoms. The molecule has 1 aromatic heterocycles. The van der Waals surface area contributed by atoms with Crippen molar-refractivity contribution in [1.29, 1.82) is 0 Å². The molecule has 0 bridgehead atoms. The standard InChI is InChI=1S/C19H21ClN4O/c1-11-9-14(5-6-16(11)20)19(25)24-10-15-17(12(24)2)21-13(3)22-18(15)23-7-4-8-23/h5-6,9,12H,4,7-8,10H2,1-3H3. The van der Waals surface area contributed by atoms with E-state index in [-0.39, 0.29) is 11.9 Å². The predicted molar refractivity (Wildman–Crippen MR) is 98.1 cm³/mol. The Kier molecular flexibility index (Phi) is 3.91. The van der Waals surface area contributed by atoms with Gasteiger partial charge in [-0.25, -0.2) is 9.97 Å². The molecule has 5 nitrogen and oxygen atoms in total. The van der Waals surface area contributed by atoms with Crippen molar-refractivity contribution in [3.05, 3.63) is 51.4 Å².